The van der Waals surface area contributed by atoms with Crippen molar-refractivity contribution in [1.82, 2.24) is 5.32 Å². The number of carbonyl (C=O) groups excluding carboxylic acids is 1. The van der Waals surface area contributed by atoms with E-state index in [-0.39, 0.29) is 12.5 Å². The van der Waals surface area contributed by atoms with E-state index in [4.69, 9.17) is 30.5 Å². The van der Waals surface area contributed by atoms with Crippen molar-refractivity contribution in [1.29, 1.82) is 0 Å². The van der Waals surface area contributed by atoms with E-state index in [1.54, 1.807) is 0 Å². The molecule has 1 N–H and O–H groups in total. The monoisotopic (exact) mass is 509 g/mol. The predicted molar refractivity (Wildman–Crippen MR) is 138 cm³/mol. The fourth-order valence-corrected chi connectivity index (χ4v) is 4.55. The molecule has 36 heavy (non-hydrogen) atoms. The van der Waals surface area contributed by atoms with E-state index >= 15 is 0 Å². The summed E-state index contributed by atoms with van der Waals surface area (Å²) in [5, 5.41) is 2.91. The maximum absolute atomic E-state index is 12.0. The zero-order valence-electron chi connectivity index (χ0n) is 20.3. The first-order chi connectivity index (χ1) is 17.6. The molecule has 1 fully saturated rings. The number of benzene rings is 3. The number of amides is 1. The Morgan fingerprint density at radius 2 is 1.25 bits per heavy atom. The number of hydrogen-bond acceptors (Lipinski definition) is 5. The molecule has 0 spiro atoms. The van der Waals surface area contributed by atoms with Crippen molar-refractivity contribution in [2.45, 2.75) is 56.7 Å². The van der Waals surface area contributed by atoms with E-state index in [2.05, 4.69) is 5.32 Å². The van der Waals surface area contributed by atoms with Gasteiger partial charge in [0.2, 0.25) is 5.91 Å². The van der Waals surface area contributed by atoms with Gasteiger partial charge in [-0.25, -0.2) is 0 Å². The van der Waals surface area contributed by atoms with Crippen LogP contribution in [-0.2, 0) is 43.6 Å². The van der Waals surface area contributed by atoms with Crippen molar-refractivity contribution < 1.29 is 23.7 Å². The second-order valence-electron chi connectivity index (χ2n) is 8.78. The molecule has 1 aliphatic heterocycles. The Kier molecular flexibility index (Phi) is 9.90. The molecule has 7 heteroatoms. The molecule has 5 unspecified atom stereocenters. The highest BCUT2D eigenvalue weighted by atomic mass is 35.5. The van der Waals surface area contributed by atoms with Crippen LogP contribution in [0.2, 0.25) is 0 Å². The molecule has 1 saturated heterocycles. The van der Waals surface area contributed by atoms with Crippen LogP contribution in [0.25, 0.3) is 0 Å². The number of ether oxygens (including phenoxy) is 4. The molecule has 0 radical (unpaired) electrons. The van der Waals surface area contributed by atoms with Gasteiger partial charge in [0.25, 0.3) is 0 Å². The summed E-state index contributed by atoms with van der Waals surface area (Å²) in [7, 11) is 0. The lowest BCUT2D eigenvalue weighted by atomic mass is 9.97. The number of alkyl halides is 1. The number of halogens is 1. The normalized spacial score (nSPS) is 23.8. The Hall–Kier alpha value is -2.74. The van der Waals surface area contributed by atoms with Crippen LogP contribution in [0.4, 0.5) is 0 Å². The van der Waals surface area contributed by atoms with Gasteiger partial charge in [0.05, 0.1) is 32.5 Å². The van der Waals surface area contributed by atoms with Gasteiger partial charge < -0.3 is 24.3 Å². The molecule has 1 heterocycles. The lowest BCUT2D eigenvalue weighted by Gasteiger charge is -2.44. The average molecular weight is 510 g/mol. The summed E-state index contributed by atoms with van der Waals surface area (Å²) < 4.78 is 24.9. The fourth-order valence-electron chi connectivity index (χ4n) is 4.21. The molecule has 1 amide bonds. The van der Waals surface area contributed by atoms with Crippen molar-refractivity contribution in [3.05, 3.63) is 108 Å². The van der Waals surface area contributed by atoms with Crippen molar-refractivity contribution in [2.24, 2.45) is 0 Å². The summed E-state index contributed by atoms with van der Waals surface area (Å²) in [4.78, 5) is 12.0. The van der Waals surface area contributed by atoms with Gasteiger partial charge in [0.1, 0.15) is 18.3 Å². The zero-order chi connectivity index (χ0) is 25.2. The van der Waals surface area contributed by atoms with Crippen LogP contribution in [0.5, 0.6) is 0 Å². The predicted octanol–water partition coefficient (Wildman–Crippen LogP) is 4.84. The van der Waals surface area contributed by atoms with E-state index in [1.165, 1.54) is 6.92 Å². The van der Waals surface area contributed by atoms with Gasteiger partial charge in [0.15, 0.2) is 5.56 Å². The minimum absolute atomic E-state index is 0.219. The minimum atomic E-state index is -0.809. The molecule has 3 aromatic carbocycles. The average Bonchev–Trinajstić information content (AvgIpc) is 2.90. The van der Waals surface area contributed by atoms with Gasteiger partial charge in [-0.3, -0.25) is 4.79 Å². The Morgan fingerprint density at radius 1 is 0.778 bits per heavy atom. The van der Waals surface area contributed by atoms with E-state index in [1.807, 2.05) is 91.0 Å². The third-order valence-electron chi connectivity index (χ3n) is 5.97. The largest absolute Gasteiger partial charge is 0.374 e. The van der Waals surface area contributed by atoms with E-state index < -0.39 is 29.9 Å². The molecule has 0 bridgehead atoms. The van der Waals surface area contributed by atoms with Gasteiger partial charge in [-0.1, -0.05) is 103 Å². The summed E-state index contributed by atoms with van der Waals surface area (Å²) >= 11 is 6.65. The van der Waals surface area contributed by atoms with Crippen LogP contribution < -0.4 is 5.32 Å². The van der Waals surface area contributed by atoms with Gasteiger partial charge in [-0.15, -0.1) is 0 Å². The van der Waals surface area contributed by atoms with Crippen molar-refractivity contribution in [3.8, 4) is 0 Å². The topological polar surface area (TPSA) is 66.0 Å². The summed E-state index contributed by atoms with van der Waals surface area (Å²) in [5.74, 6) is -0.219. The van der Waals surface area contributed by atoms with Crippen molar-refractivity contribution in [3.63, 3.8) is 0 Å². The van der Waals surface area contributed by atoms with Gasteiger partial charge in [0, 0.05) is 6.92 Å². The van der Waals surface area contributed by atoms with E-state index in [0.717, 1.165) is 16.7 Å². The Bertz CT molecular complexity index is 1050. The summed E-state index contributed by atoms with van der Waals surface area (Å²) in [6.07, 6.45) is -1.58. The Labute approximate surface area is 217 Å². The van der Waals surface area contributed by atoms with E-state index in [9.17, 15) is 4.79 Å². The first-order valence-electron chi connectivity index (χ1n) is 12.1. The van der Waals surface area contributed by atoms with Crippen LogP contribution in [0.1, 0.15) is 23.6 Å². The first-order valence-corrected chi connectivity index (χ1v) is 12.5. The molecule has 6 nitrogen and oxygen atoms in total. The quantitative estimate of drug-likeness (QED) is 0.375. The summed E-state index contributed by atoms with van der Waals surface area (Å²) in [5.41, 5.74) is 2.28. The second kappa shape index (κ2) is 13.5. The third-order valence-corrected chi connectivity index (χ3v) is 6.34. The zero-order valence-corrected chi connectivity index (χ0v) is 21.1. The highest BCUT2D eigenvalue weighted by Crippen LogP contribution is 2.30. The molecule has 0 aromatic heterocycles. The minimum Gasteiger partial charge on any atom is -0.374 e. The lowest BCUT2D eigenvalue weighted by molar-refractivity contribution is -0.217. The Balaban J connectivity index is 1.53. The number of hydrogen-bond donors (Lipinski definition) is 1. The second-order valence-corrected chi connectivity index (χ2v) is 9.21. The maximum atomic E-state index is 12.0. The van der Waals surface area contributed by atoms with Crippen molar-refractivity contribution in [2.75, 3.05) is 6.61 Å². The molecule has 0 saturated carbocycles. The highest BCUT2D eigenvalue weighted by molar-refractivity contribution is 6.20. The number of carbonyl (C=O) groups is 1. The van der Waals surface area contributed by atoms with E-state index in [0.29, 0.717) is 19.8 Å². The molecule has 3 aromatic rings. The van der Waals surface area contributed by atoms with Crippen LogP contribution >= 0.6 is 11.6 Å². The van der Waals surface area contributed by atoms with Gasteiger partial charge in [-0.05, 0) is 16.7 Å². The molecular weight excluding hydrogens is 478 g/mol. The highest BCUT2D eigenvalue weighted by Gasteiger charge is 2.47. The Morgan fingerprint density at radius 3 is 1.75 bits per heavy atom. The molecule has 1 aliphatic rings. The maximum Gasteiger partial charge on any atom is 0.217 e. The molecule has 0 aliphatic carbocycles. The third kappa shape index (κ3) is 7.63. The van der Waals surface area contributed by atoms with Crippen molar-refractivity contribution >= 4 is 17.5 Å². The SMILES string of the molecule is CC(=O)NC1C(Cl)OC(COCc2ccccc2)C(OCc2ccccc2)C1OCc1ccccc1. The lowest BCUT2D eigenvalue weighted by Crippen LogP contribution is -2.64. The number of rotatable bonds is 11. The molecule has 5 atom stereocenters. The van der Waals surface area contributed by atoms with Crippen LogP contribution in [0.15, 0.2) is 91.0 Å². The smallest absolute Gasteiger partial charge is 0.217 e. The molecule has 190 valence electrons. The fraction of sp³-hybridized carbons (Fsp3) is 0.345. The van der Waals surface area contributed by atoms with Gasteiger partial charge in [-0.2, -0.15) is 0 Å². The molecular formula is C29H32ClNO5. The first kappa shape index (κ1) is 26.3. The van der Waals surface area contributed by atoms with Gasteiger partial charge >= 0.3 is 0 Å². The molecule has 4 rings (SSSR count). The number of nitrogens with one attached hydrogen (secondary N) is 1. The van der Waals surface area contributed by atoms with Crippen LogP contribution in [0, 0.1) is 0 Å². The van der Waals surface area contributed by atoms with Crippen LogP contribution in [-0.4, -0.2) is 42.4 Å². The van der Waals surface area contributed by atoms with Crippen LogP contribution in [0.3, 0.4) is 0 Å². The summed E-state index contributed by atoms with van der Waals surface area (Å²) in [6, 6.07) is 29.1. The summed E-state index contributed by atoms with van der Waals surface area (Å²) in [6.45, 7) is 2.84. The standard InChI is InChI=1S/C29H32ClNO5/c1-21(32)31-26-28(35-19-24-15-9-4-10-16-24)27(34-18-23-13-7-3-8-14-23)25(36-29(26)30)20-33-17-22-11-5-2-6-12-22/h2-16,25-29H,17-20H2,1H3,(H,31,32).